The number of carboxylic acid groups (broad SMARTS) is 1. The quantitative estimate of drug-likeness (QED) is 0.652. The van der Waals surface area contributed by atoms with E-state index in [2.05, 4.69) is 20.2 Å². The van der Waals surface area contributed by atoms with Crippen LogP contribution in [0.4, 0.5) is 8.78 Å². The minimum atomic E-state index is -2.77. The Bertz CT molecular complexity index is 1120. The highest BCUT2D eigenvalue weighted by atomic mass is 32.1. The van der Waals surface area contributed by atoms with Crippen LogP contribution in [0.3, 0.4) is 0 Å². The van der Waals surface area contributed by atoms with Crippen molar-refractivity contribution in [1.29, 1.82) is 0 Å². The summed E-state index contributed by atoms with van der Waals surface area (Å²) in [6, 6.07) is 4.91. The van der Waals surface area contributed by atoms with Crippen molar-refractivity contribution in [1.82, 2.24) is 25.1 Å². The Kier molecular flexibility index (Phi) is 5.06. The third-order valence-corrected chi connectivity index (χ3v) is 5.72. The smallest absolute Gasteiger partial charge is 0.355 e. The molecule has 156 valence electrons. The predicted octanol–water partition coefficient (Wildman–Crippen LogP) is 3.47. The molecule has 8 nitrogen and oxygen atoms in total. The Morgan fingerprint density at radius 3 is 2.57 bits per heavy atom. The van der Waals surface area contributed by atoms with Crippen LogP contribution in [-0.2, 0) is 0 Å². The van der Waals surface area contributed by atoms with Crippen molar-refractivity contribution < 1.29 is 23.5 Å². The molecule has 2 N–H and O–H groups in total. The predicted molar refractivity (Wildman–Crippen MR) is 105 cm³/mol. The Morgan fingerprint density at radius 1 is 1.23 bits per heavy atom. The summed E-state index contributed by atoms with van der Waals surface area (Å²) >= 11 is 1.09. The van der Waals surface area contributed by atoms with E-state index in [1.807, 2.05) is 0 Å². The van der Waals surface area contributed by atoms with Gasteiger partial charge in [0.2, 0.25) is 0 Å². The number of amides is 1. The van der Waals surface area contributed by atoms with Crippen molar-refractivity contribution >= 4 is 23.2 Å². The molecule has 4 rings (SSSR count). The number of H-pyrrole nitrogens is 1. The second-order valence-corrected chi connectivity index (χ2v) is 7.85. The molecule has 2 aromatic heterocycles. The number of aryl methyl sites for hydroxylation is 1. The zero-order chi connectivity index (χ0) is 21.5. The SMILES string of the molecule is Cc1nc(-c2ccc(C(=O)N3CCC(F)(F)CC3)c(-c3nc(C(=O)O)cs3)c2)n[nH]1. The minimum absolute atomic E-state index is 0.0502. The highest BCUT2D eigenvalue weighted by Crippen LogP contribution is 2.33. The number of nitrogens with zero attached hydrogens (tertiary/aromatic N) is 4. The number of aromatic carboxylic acids is 1. The number of thiazole rings is 1. The third kappa shape index (κ3) is 3.92. The average Bonchev–Trinajstić information content (AvgIpc) is 3.36. The number of benzene rings is 1. The Balaban J connectivity index is 1.75. The molecular weight excluding hydrogens is 416 g/mol. The van der Waals surface area contributed by atoms with Crippen molar-refractivity contribution in [3.05, 3.63) is 40.7 Å². The number of hydrogen-bond acceptors (Lipinski definition) is 6. The van der Waals surface area contributed by atoms with E-state index in [1.54, 1.807) is 25.1 Å². The molecule has 0 atom stereocenters. The standard InChI is InChI=1S/C19H17F2N5O3S/c1-10-22-15(25-24-10)11-2-3-12(17(27)26-6-4-19(20,21)5-7-26)13(8-11)16-23-14(9-30-16)18(28)29/h2-3,8-9H,4-7H2,1H3,(H,28,29)(H,22,24,25). The number of likely N-dealkylation sites (tertiary alicyclic amines) is 1. The molecule has 0 saturated carbocycles. The molecular formula is C19H17F2N5O3S. The van der Waals surface area contributed by atoms with Crippen LogP contribution >= 0.6 is 11.3 Å². The van der Waals surface area contributed by atoms with Crippen LogP contribution in [0.5, 0.6) is 0 Å². The summed E-state index contributed by atoms with van der Waals surface area (Å²) in [5, 5.41) is 17.8. The maximum Gasteiger partial charge on any atom is 0.355 e. The van der Waals surface area contributed by atoms with Gasteiger partial charge >= 0.3 is 5.97 Å². The van der Waals surface area contributed by atoms with Crippen LogP contribution in [0.15, 0.2) is 23.6 Å². The average molecular weight is 433 g/mol. The van der Waals surface area contributed by atoms with Crippen LogP contribution in [0.1, 0.15) is 39.5 Å². The zero-order valence-electron chi connectivity index (χ0n) is 15.9. The molecule has 0 unspecified atom stereocenters. The summed E-state index contributed by atoms with van der Waals surface area (Å²) in [6.07, 6.45) is -0.772. The van der Waals surface area contributed by atoms with Crippen LogP contribution in [0.2, 0.25) is 0 Å². The fraction of sp³-hybridized carbons (Fsp3) is 0.316. The fourth-order valence-corrected chi connectivity index (χ4v) is 4.05. The second-order valence-electron chi connectivity index (χ2n) is 7.00. The van der Waals surface area contributed by atoms with Gasteiger partial charge in [0.15, 0.2) is 11.5 Å². The number of rotatable bonds is 4. The maximum absolute atomic E-state index is 13.5. The van der Waals surface area contributed by atoms with Gasteiger partial charge < -0.3 is 10.0 Å². The number of aromatic nitrogens is 4. The molecule has 1 aromatic carbocycles. The van der Waals surface area contributed by atoms with Gasteiger partial charge in [-0.15, -0.1) is 11.3 Å². The van der Waals surface area contributed by atoms with Crippen molar-refractivity contribution in [2.45, 2.75) is 25.7 Å². The monoisotopic (exact) mass is 433 g/mol. The number of piperidine rings is 1. The zero-order valence-corrected chi connectivity index (χ0v) is 16.7. The highest BCUT2D eigenvalue weighted by molar-refractivity contribution is 7.13. The number of alkyl halides is 2. The van der Waals surface area contributed by atoms with Gasteiger partial charge in [-0.1, -0.05) is 6.07 Å². The second kappa shape index (κ2) is 7.56. The molecule has 1 saturated heterocycles. The first-order valence-corrected chi connectivity index (χ1v) is 10.0. The van der Waals surface area contributed by atoms with Gasteiger partial charge in [-0.2, -0.15) is 5.10 Å². The number of nitrogens with one attached hydrogen (secondary N) is 1. The van der Waals surface area contributed by atoms with Gasteiger partial charge in [-0.25, -0.2) is 23.5 Å². The number of halogens is 2. The molecule has 3 aromatic rings. The molecule has 1 fully saturated rings. The lowest BCUT2D eigenvalue weighted by atomic mass is 10.0. The van der Waals surface area contributed by atoms with E-state index < -0.39 is 17.8 Å². The van der Waals surface area contributed by atoms with Gasteiger partial charge in [0.05, 0.1) is 0 Å². The molecule has 0 radical (unpaired) electrons. The molecule has 0 aliphatic carbocycles. The molecule has 3 heterocycles. The highest BCUT2D eigenvalue weighted by Gasteiger charge is 2.36. The number of aromatic amines is 1. The van der Waals surface area contributed by atoms with Crippen LogP contribution in [0, 0.1) is 6.92 Å². The topological polar surface area (TPSA) is 112 Å². The van der Waals surface area contributed by atoms with E-state index in [0.717, 1.165) is 11.3 Å². The largest absolute Gasteiger partial charge is 0.476 e. The lowest BCUT2D eigenvalue weighted by molar-refractivity contribution is -0.0494. The maximum atomic E-state index is 13.5. The Morgan fingerprint density at radius 2 is 1.97 bits per heavy atom. The van der Waals surface area contributed by atoms with Crippen LogP contribution in [-0.4, -0.2) is 61.1 Å². The number of carboxylic acids is 1. The van der Waals surface area contributed by atoms with E-state index in [4.69, 9.17) is 0 Å². The van der Waals surface area contributed by atoms with Gasteiger partial charge in [0, 0.05) is 48.0 Å². The van der Waals surface area contributed by atoms with Crippen molar-refractivity contribution in [2.24, 2.45) is 0 Å². The van der Waals surface area contributed by atoms with Gasteiger partial charge in [-0.3, -0.25) is 9.89 Å². The summed E-state index contributed by atoms with van der Waals surface area (Å²) in [4.78, 5) is 34.1. The summed E-state index contributed by atoms with van der Waals surface area (Å²) in [6.45, 7) is 1.65. The Labute approximate surface area is 173 Å². The fourth-order valence-electron chi connectivity index (χ4n) is 3.22. The first-order chi connectivity index (χ1) is 14.2. The molecule has 1 amide bonds. The summed E-state index contributed by atoms with van der Waals surface area (Å²) < 4.78 is 27.0. The number of carbonyl (C=O) groups excluding carboxylic acids is 1. The van der Waals surface area contributed by atoms with Gasteiger partial charge in [0.1, 0.15) is 10.8 Å². The van der Waals surface area contributed by atoms with E-state index in [1.165, 1.54) is 10.3 Å². The summed E-state index contributed by atoms with van der Waals surface area (Å²) in [5.74, 6) is -3.31. The first-order valence-electron chi connectivity index (χ1n) is 9.13. The van der Waals surface area contributed by atoms with Gasteiger partial charge in [0.25, 0.3) is 11.8 Å². The lowest BCUT2D eigenvalue weighted by Crippen LogP contribution is -2.42. The summed E-state index contributed by atoms with van der Waals surface area (Å²) in [5.41, 5.74) is 1.16. The third-order valence-electron chi connectivity index (χ3n) is 4.84. The van der Waals surface area contributed by atoms with Crippen LogP contribution < -0.4 is 0 Å². The van der Waals surface area contributed by atoms with Gasteiger partial charge in [-0.05, 0) is 19.1 Å². The van der Waals surface area contributed by atoms with Crippen molar-refractivity contribution in [2.75, 3.05) is 13.1 Å². The first kappa shape index (κ1) is 20.1. The number of carbonyl (C=O) groups is 2. The van der Waals surface area contributed by atoms with Crippen LogP contribution in [0.25, 0.3) is 22.0 Å². The lowest BCUT2D eigenvalue weighted by Gasteiger charge is -2.32. The van der Waals surface area contributed by atoms with E-state index in [0.29, 0.717) is 27.8 Å². The molecule has 0 spiro atoms. The van der Waals surface area contributed by atoms with E-state index in [9.17, 15) is 23.5 Å². The normalized spacial score (nSPS) is 15.9. The molecule has 30 heavy (non-hydrogen) atoms. The Hall–Kier alpha value is -3.21. The van der Waals surface area contributed by atoms with Crippen molar-refractivity contribution in [3.63, 3.8) is 0 Å². The minimum Gasteiger partial charge on any atom is -0.476 e. The van der Waals surface area contributed by atoms with E-state index >= 15 is 0 Å². The summed E-state index contributed by atoms with van der Waals surface area (Å²) in [7, 11) is 0. The number of hydrogen-bond donors (Lipinski definition) is 2. The van der Waals surface area contributed by atoms with Crippen molar-refractivity contribution in [3.8, 4) is 22.0 Å². The molecule has 1 aliphatic rings. The van der Waals surface area contributed by atoms with E-state index in [-0.39, 0.29) is 37.2 Å². The molecule has 1 aliphatic heterocycles. The molecule has 11 heteroatoms. The molecule has 0 bridgehead atoms.